The predicted molar refractivity (Wildman–Crippen MR) is 120 cm³/mol. The van der Waals surface area contributed by atoms with Crippen molar-refractivity contribution in [1.82, 2.24) is 19.7 Å². The molecule has 1 aromatic carbocycles. The van der Waals surface area contributed by atoms with Crippen molar-refractivity contribution in [3.63, 3.8) is 0 Å². The summed E-state index contributed by atoms with van der Waals surface area (Å²) in [7, 11) is 1.66. The molecule has 1 aromatic heterocycles. The lowest BCUT2D eigenvalue weighted by molar-refractivity contribution is -0.131. The van der Waals surface area contributed by atoms with Crippen LogP contribution in [0.3, 0.4) is 0 Å². The molecular formula is C23H32N4O2S. The Morgan fingerprint density at radius 1 is 1.13 bits per heavy atom. The molecule has 30 heavy (non-hydrogen) atoms. The monoisotopic (exact) mass is 428 g/mol. The standard InChI is InChI=1S/C23H32N4O2S/c1-16(2)27-22(18-8-10-20(29-3)11-9-18)24-25-23(27)30-15-21(28)26-13-12-17-6-4-5-7-19(17)14-26/h8-11,16-17,19H,4-7,12-15H2,1-3H3/t17-,19-/m1/s1. The van der Waals surface area contributed by atoms with E-state index in [4.69, 9.17) is 4.74 Å². The highest BCUT2D eigenvalue weighted by Gasteiger charge is 2.33. The third kappa shape index (κ3) is 4.51. The number of piperidine rings is 1. The Kier molecular flexibility index (Phi) is 6.66. The fraction of sp³-hybridized carbons (Fsp3) is 0.609. The molecule has 0 spiro atoms. The third-order valence-corrected chi connectivity index (χ3v) is 7.43. The maximum absolute atomic E-state index is 12.9. The molecule has 2 heterocycles. The van der Waals surface area contributed by atoms with Gasteiger partial charge in [0.15, 0.2) is 11.0 Å². The van der Waals surface area contributed by atoms with Crippen LogP contribution in [0.15, 0.2) is 29.4 Å². The molecule has 2 aliphatic rings. The Morgan fingerprint density at radius 2 is 1.87 bits per heavy atom. The van der Waals surface area contributed by atoms with Crippen molar-refractivity contribution in [3.8, 4) is 17.1 Å². The zero-order chi connectivity index (χ0) is 21.1. The molecule has 4 rings (SSSR count). The molecule has 0 radical (unpaired) electrons. The first-order valence-corrected chi connectivity index (χ1v) is 12.0. The van der Waals surface area contributed by atoms with Gasteiger partial charge in [-0.1, -0.05) is 31.0 Å². The third-order valence-electron chi connectivity index (χ3n) is 6.50. The van der Waals surface area contributed by atoms with Crippen molar-refractivity contribution in [2.24, 2.45) is 11.8 Å². The molecule has 1 aliphatic heterocycles. The van der Waals surface area contributed by atoms with Gasteiger partial charge >= 0.3 is 0 Å². The highest BCUT2D eigenvalue weighted by Crippen LogP contribution is 2.36. The highest BCUT2D eigenvalue weighted by molar-refractivity contribution is 7.99. The molecule has 2 aromatic rings. The number of hydrogen-bond acceptors (Lipinski definition) is 5. The van der Waals surface area contributed by atoms with Crippen LogP contribution in [0.4, 0.5) is 0 Å². The quantitative estimate of drug-likeness (QED) is 0.626. The van der Waals surface area contributed by atoms with E-state index in [1.54, 1.807) is 7.11 Å². The van der Waals surface area contributed by atoms with Gasteiger partial charge in [0.1, 0.15) is 5.75 Å². The van der Waals surface area contributed by atoms with Gasteiger partial charge in [0.2, 0.25) is 5.91 Å². The van der Waals surface area contributed by atoms with E-state index >= 15 is 0 Å². The molecule has 6 nitrogen and oxygen atoms in total. The zero-order valence-electron chi connectivity index (χ0n) is 18.2. The second kappa shape index (κ2) is 9.41. The lowest BCUT2D eigenvalue weighted by Gasteiger charge is -2.41. The summed E-state index contributed by atoms with van der Waals surface area (Å²) in [4.78, 5) is 15.0. The van der Waals surface area contributed by atoms with Gasteiger partial charge < -0.3 is 9.64 Å². The van der Waals surface area contributed by atoms with Gasteiger partial charge in [-0.3, -0.25) is 9.36 Å². The molecule has 1 aliphatic carbocycles. The Hall–Kier alpha value is -2.02. The van der Waals surface area contributed by atoms with Crippen molar-refractivity contribution in [2.45, 2.75) is 57.1 Å². The largest absolute Gasteiger partial charge is 0.497 e. The Bertz CT molecular complexity index is 865. The molecule has 2 atom stereocenters. The molecule has 1 saturated carbocycles. The van der Waals surface area contributed by atoms with Crippen LogP contribution in [-0.2, 0) is 4.79 Å². The number of fused-ring (bicyclic) bond motifs is 1. The van der Waals surface area contributed by atoms with Crippen molar-refractivity contribution in [3.05, 3.63) is 24.3 Å². The minimum absolute atomic E-state index is 0.202. The van der Waals surface area contributed by atoms with Crippen LogP contribution in [0.5, 0.6) is 5.75 Å². The topological polar surface area (TPSA) is 60.3 Å². The number of hydrogen-bond donors (Lipinski definition) is 0. The second-order valence-electron chi connectivity index (χ2n) is 8.72. The van der Waals surface area contributed by atoms with Gasteiger partial charge in [0.25, 0.3) is 0 Å². The number of nitrogens with zero attached hydrogens (tertiary/aromatic N) is 4. The predicted octanol–water partition coefficient (Wildman–Crippen LogP) is 4.67. The minimum atomic E-state index is 0.202. The maximum Gasteiger partial charge on any atom is 0.233 e. The number of carbonyl (C=O) groups excluding carboxylic acids is 1. The van der Waals surface area contributed by atoms with E-state index in [1.165, 1.54) is 43.9 Å². The van der Waals surface area contributed by atoms with Crippen LogP contribution in [0, 0.1) is 11.8 Å². The van der Waals surface area contributed by atoms with Crippen LogP contribution in [-0.4, -0.2) is 51.5 Å². The zero-order valence-corrected chi connectivity index (χ0v) is 19.0. The summed E-state index contributed by atoms with van der Waals surface area (Å²) in [5.74, 6) is 3.84. The smallest absolute Gasteiger partial charge is 0.233 e. The van der Waals surface area contributed by atoms with Gasteiger partial charge in [-0.05, 0) is 62.8 Å². The number of ether oxygens (including phenoxy) is 1. The van der Waals surface area contributed by atoms with Crippen molar-refractivity contribution in [1.29, 1.82) is 0 Å². The molecule has 7 heteroatoms. The molecule has 0 unspecified atom stereocenters. The minimum Gasteiger partial charge on any atom is -0.497 e. The van der Waals surface area contributed by atoms with Crippen LogP contribution in [0.25, 0.3) is 11.4 Å². The van der Waals surface area contributed by atoms with Gasteiger partial charge in [-0.2, -0.15) is 0 Å². The van der Waals surface area contributed by atoms with E-state index in [-0.39, 0.29) is 11.9 Å². The summed E-state index contributed by atoms with van der Waals surface area (Å²) in [5, 5.41) is 9.65. The Balaban J connectivity index is 1.43. The average molecular weight is 429 g/mol. The van der Waals surface area contributed by atoms with E-state index in [2.05, 4.69) is 33.5 Å². The van der Waals surface area contributed by atoms with E-state index in [9.17, 15) is 4.79 Å². The van der Waals surface area contributed by atoms with Gasteiger partial charge in [0, 0.05) is 24.7 Å². The number of methoxy groups -OCH3 is 1. The number of benzene rings is 1. The number of thioether (sulfide) groups is 1. The first-order chi connectivity index (χ1) is 14.6. The highest BCUT2D eigenvalue weighted by atomic mass is 32.2. The summed E-state index contributed by atoms with van der Waals surface area (Å²) < 4.78 is 7.37. The maximum atomic E-state index is 12.9. The van der Waals surface area contributed by atoms with Crippen LogP contribution in [0.2, 0.25) is 0 Å². The summed E-state index contributed by atoms with van der Waals surface area (Å²) in [5.41, 5.74) is 0.995. The second-order valence-corrected chi connectivity index (χ2v) is 9.66. The fourth-order valence-electron chi connectivity index (χ4n) is 4.82. The van der Waals surface area contributed by atoms with Crippen molar-refractivity contribution >= 4 is 17.7 Å². The van der Waals surface area contributed by atoms with Crippen LogP contribution in [0.1, 0.15) is 52.0 Å². The van der Waals surface area contributed by atoms with Gasteiger partial charge in [-0.15, -0.1) is 10.2 Å². The molecule has 2 fully saturated rings. The number of carbonyl (C=O) groups is 1. The molecular weight excluding hydrogens is 396 g/mol. The first-order valence-electron chi connectivity index (χ1n) is 11.1. The van der Waals surface area contributed by atoms with E-state index in [0.29, 0.717) is 11.7 Å². The van der Waals surface area contributed by atoms with Gasteiger partial charge in [0.05, 0.1) is 12.9 Å². The number of amides is 1. The molecule has 0 N–H and O–H groups in total. The lowest BCUT2D eigenvalue weighted by Crippen LogP contribution is -2.45. The van der Waals surface area contributed by atoms with Crippen molar-refractivity contribution in [2.75, 3.05) is 26.0 Å². The van der Waals surface area contributed by atoms with E-state index in [1.807, 2.05) is 24.3 Å². The lowest BCUT2D eigenvalue weighted by atomic mass is 9.75. The molecule has 1 amide bonds. The molecule has 1 saturated heterocycles. The average Bonchev–Trinajstić information content (AvgIpc) is 3.21. The normalized spacial score (nSPS) is 21.5. The summed E-state index contributed by atoms with van der Waals surface area (Å²) in [6, 6.07) is 8.05. The van der Waals surface area contributed by atoms with Gasteiger partial charge in [-0.25, -0.2) is 0 Å². The number of aromatic nitrogens is 3. The molecule has 162 valence electrons. The SMILES string of the molecule is COc1ccc(-c2nnc(SCC(=O)N3CC[C@H]4CCCC[C@@H]4C3)n2C(C)C)cc1. The van der Waals surface area contributed by atoms with E-state index < -0.39 is 0 Å². The Labute approximate surface area is 183 Å². The molecule has 0 bridgehead atoms. The number of rotatable bonds is 6. The first kappa shape index (κ1) is 21.2. The van der Waals surface area contributed by atoms with Crippen LogP contribution >= 0.6 is 11.8 Å². The summed E-state index contributed by atoms with van der Waals surface area (Å²) >= 11 is 1.50. The van der Waals surface area contributed by atoms with Crippen molar-refractivity contribution < 1.29 is 9.53 Å². The fourth-order valence-corrected chi connectivity index (χ4v) is 5.79. The van der Waals surface area contributed by atoms with Crippen LogP contribution < -0.4 is 4.74 Å². The van der Waals surface area contributed by atoms with E-state index in [0.717, 1.165) is 41.3 Å². The Morgan fingerprint density at radius 3 is 2.57 bits per heavy atom. The summed E-state index contributed by atoms with van der Waals surface area (Å²) in [6.07, 6.45) is 6.50. The summed E-state index contributed by atoms with van der Waals surface area (Å²) in [6.45, 7) is 6.10. The number of likely N-dealkylation sites (tertiary alicyclic amines) is 1.